The molecular weight excluding hydrogens is 186 g/mol. The molecule has 1 aliphatic rings. The third kappa shape index (κ3) is 3.84. The fourth-order valence-corrected chi connectivity index (χ4v) is 2.16. The number of alkyl halides is 1. The van der Waals surface area contributed by atoms with Crippen molar-refractivity contribution in [2.24, 2.45) is 0 Å². The second-order valence-corrected chi connectivity index (χ2v) is 4.14. The number of likely N-dealkylation sites (tertiary alicyclic amines) is 1. The third-order valence-electron chi connectivity index (χ3n) is 2.79. The van der Waals surface area contributed by atoms with Gasteiger partial charge in [-0.15, -0.1) is 11.6 Å². The maximum Gasteiger partial charge on any atom is 0.0586 e. The fourth-order valence-electron chi connectivity index (χ4n) is 1.97. The number of hydrogen-bond donors (Lipinski definition) is 1. The highest BCUT2D eigenvalue weighted by Gasteiger charge is 2.20. The van der Waals surface area contributed by atoms with Crippen molar-refractivity contribution in [2.75, 3.05) is 25.6 Å². The lowest BCUT2D eigenvalue weighted by Crippen LogP contribution is -2.42. The van der Waals surface area contributed by atoms with Crippen molar-refractivity contribution >= 4 is 11.6 Å². The molecule has 1 fully saturated rings. The minimum atomic E-state index is 0.320. The van der Waals surface area contributed by atoms with Crippen LogP contribution in [0.4, 0.5) is 0 Å². The molecule has 0 saturated carbocycles. The van der Waals surface area contributed by atoms with Crippen LogP contribution < -0.4 is 0 Å². The van der Waals surface area contributed by atoms with Crippen LogP contribution in [0.5, 0.6) is 0 Å². The summed E-state index contributed by atoms with van der Waals surface area (Å²) in [6.45, 7) is 2.59. The third-order valence-corrected chi connectivity index (χ3v) is 3.06. The average molecular weight is 206 g/mol. The van der Waals surface area contributed by atoms with E-state index in [0.29, 0.717) is 12.6 Å². The first-order valence-electron chi connectivity index (χ1n) is 5.29. The second kappa shape index (κ2) is 6.63. The van der Waals surface area contributed by atoms with E-state index in [2.05, 4.69) is 4.90 Å². The second-order valence-electron chi connectivity index (χ2n) is 3.76. The number of aliphatic hydroxyl groups excluding tert-OH is 1. The summed E-state index contributed by atoms with van der Waals surface area (Å²) in [7, 11) is 0. The number of halogens is 1. The topological polar surface area (TPSA) is 23.5 Å². The molecule has 0 aromatic heterocycles. The van der Waals surface area contributed by atoms with Crippen molar-refractivity contribution < 1.29 is 5.11 Å². The molecule has 0 bridgehead atoms. The lowest BCUT2D eigenvalue weighted by Gasteiger charge is -2.34. The molecule has 0 amide bonds. The maximum atomic E-state index is 9.15. The van der Waals surface area contributed by atoms with E-state index < -0.39 is 0 Å². The highest BCUT2D eigenvalue weighted by atomic mass is 35.5. The Morgan fingerprint density at radius 3 is 2.85 bits per heavy atom. The average Bonchev–Trinajstić information content (AvgIpc) is 2.19. The number of nitrogens with zero attached hydrogens (tertiary/aromatic N) is 1. The van der Waals surface area contributed by atoms with Crippen LogP contribution in [0.2, 0.25) is 0 Å². The van der Waals surface area contributed by atoms with Crippen LogP contribution in [-0.4, -0.2) is 41.6 Å². The lowest BCUT2D eigenvalue weighted by molar-refractivity contribution is 0.0891. The minimum Gasteiger partial charge on any atom is -0.395 e. The summed E-state index contributed by atoms with van der Waals surface area (Å²) < 4.78 is 0. The van der Waals surface area contributed by atoms with Crippen molar-refractivity contribution in [3.05, 3.63) is 0 Å². The van der Waals surface area contributed by atoms with Gasteiger partial charge in [0.25, 0.3) is 0 Å². The highest BCUT2D eigenvalue weighted by molar-refractivity contribution is 6.17. The summed E-state index contributed by atoms with van der Waals surface area (Å²) >= 11 is 5.62. The van der Waals surface area contributed by atoms with E-state index in [1.54, 1.807) is 0 Å². The van der Waals surface area contributed by atoms with Crippen LogP contribution in [0.15, 0.2) is 0 Å². The molecule has 0 radical (unpaired) electrons. The molecule has 0 spiro atoms. The monoisotopic (exact) mass is 205 g/mol. The Kier molecular flexibility index (Phi) is 5.76. The van der Waals surface area contributed by atoms with Gasteiger partial charge in [-0.3, -0.25) is 4.90 Å². The number of unbranched alkanes of at least 4 members (excludes halogenated alkanes) is 1. The zero-order valence-corrected chi connectivity index (χ0v) is 8.97. The standard InChI is InChI=1S/C10H20ClNO/c11-6-2-4-8-12-7-3-1-5-10(12)9-13/h10,13H,1-9H2/t10-/m0/s1. The predicted octanol–water partition coefficient (Wildman–Crippen LogP) is 1.85. The van der Waals surface area contributed by atoms with Gasteiger partial charge in [-0.1, -0.05) is 6.42 Å². The van der Waals surface area contributed by atoms with Crippen LogP contribution in [0.1, 0.15) is 32.1 Å². The molecule has 1 N–H and O–H groups in total. The van der Waals surface area contributed by atoms with Crippen molar-refractivity contribution in [3.8, 4) is 0 Å². The van der Waals surface area contributed by atoms with Gasteiger partial charge < -0.3 is 5.11 Å². The molecule has 2 nitrogen and oxygen atoms in total. The van der Waals surface area contributed by atoms with Gasteiger partial charge in [0.15, 0.2) is 0 Å². The molecule has 0 aromatic carbocycles. The number of aliphatic hydroxyl groups is 1. The summed E-state index contributed by atoms with van der Waals surface area (Å²) in [5.41, 5.74) is 0. The molecule has 78 valence electrons. The Morgan fingerprint density at radius 1 is 1.31 bits per heavy atom. The van der Waals surface area contributed by atoms with E-state index in [1.807, 2.05) is 0 Å². The summed E-state index contributed by atoms with van der Waals surface area (Å²) in [4.78, 5) is 2.41. The first kappa shape index (κ1) is 11.3. The summed E-state index contributed by atoms with van der Waals surface area (Å²) in [6, 6.07) is 0.420. The maximum absolute atomic E-state index is 9.15. The molecule has 0 unspecified atom stereocenters. The number of rotatable bonds is 5. The molecule has 1 rings (SSSR count). The van der Waals surface area contributed by atoms with Gasteiger partial charge in [-0.2, -0.15) is 0 Å². The SMILES string of the molecule is OC[C@@H]1CCCCN1CCCCCl. The van der Waals surface area contributed by atoms with Gasteiger partial charge in [-0.05, 0) is 38.8 Å². The summed E-state index contributed by atoms with van der Waals surface area (Å²) in [5.74, 6) is 0.762. The van der Waals surface area contributed by atoms with Gasteiger partial charge in [0.05, 0.1) is 6.61 Å². The largest absolute Gasteiger partial charge is 0.395 e. The van der Waals surface area contributed by atoms with Gasteiger partial charge in [0.2, 0.25) is 0 Å². The number of piperidine rings is 1. The fraction of sp³-hybridized carbons (Fsp3) is 1.00. The normalized spacial score (nSPS) is 24.9. The zero-order valence-electron chi connectivity index (χ0n) is 8.21. The Balaban J connectivity index is 2.19. The van der Waals surface area contributed by atoms with Crippen molar-refractivity contribution in [3.63, 3.8) is 0 Å². The van der Waals surface area contributed by atoms with E-state index in [4.69, 9.17) is 16.7 Å². The molecule has 3 heteroatoms. The van der Waals surface area contributed by atoms with Crippen LogP contribution >= 0.6 is 11.6 Å². The molecule has 13 heavy (non-hydrogen) atoms. The van der Waals surface area contributed by atoms with E-state index in [0.717, 1.165) is 31.8 Å². The van der Waals surface area contributed by atoms with Crippen LogP contribution in [0.3, 0.4) is 0 Å². The van der Waals surface area contributed by atoms with Crippen molar-refractivity contribution in [1.82, 2.24) is 4.90 Å². The smallest absolute Gasteiger partial charge is 0.0586 e. The molecule has 1 heterocycles. The molecule has 1 atom stereocenters. The van der Waals surface area contributed by atoms with Gasteiger partial charge in [-0.25, -0.2) is 0 Å². The van der Waals surface area contributed by atoms with E-state index in [-0.39, 0.29) is 0 Å². The minimum absolute atomic E-state index is 0.320. The molecule has 1 saturated heterocycles. The quantitative estimate of drug-likeness (QED) is 0.547. The zero-order chi connectivity index (χ0) is 9.52. The van der Waals surface area contributed by atoms with E-state index in [1.165, 1.54) is 19.3 Å². The summed E-state index contributed by atoms with van der Waals surface area (Å²) in [6.07, 6.45) is 5.99. The van der Waals surface area contributed by atoms with Crippen molar-refractivity contribution in [2.45, 2.75) is 38.1 Å². The van der Waals surface area contributed by atoms with Crippen LogP contribution in [-0.2, 0) is 0 Å². The number of hydrogen-bond acceptors (Lipinski definition) is 2. The molecule has 0 aromatic rings. The van der Waals surface area contributed by atoms with Gasteiger partial charge in [0, 0.05) is 11.9 Å². The van der Waals surface area contributed by atoms with Gasteiger partial charge in [0.1, 0.15) is 0 Å². The van der Waals surface area contributed by atoms with E-state index in [9.17, 15) is 0 Å². The van der Waals surface area contributed by atoms with Crippen molar-refractivity contribution in [1.29, 1.82) is 0 Å². The molecule has 1 aliphatic heterocycles. The predicted molar refractivity (Wildman–Crippen MR) is 56.3 cm³/mol. The van der Waals surface area contributed by atoms with E-state index >= 15 is 0 Å². The highest BCUT2D eigenvalue weighted by Crippen LogP contribution is 2.16. The first-order valence-corrected chi connectivity index (χ1v) is 5.83. The lowest BCUT2D eigenvalue weighted by atomic mass is 10.0. The molecular formula is C10H20ClNO. The Morgan fingerprint density at radius 2 is 2.15 bits per heavy atom. The Bertz CT molecular complexity index is 132. The van der Waals surface area contributed by atoms with Crippen LogP contribution in [0.25, 0.3) is 0 Å². The Hall–Kier alpha value is 0.210. The van der Waals surface area contributed by atoms with Gasteiger partial charge >= 0.3 is 0 Å². The molecule has 0 aliphatic carbocycles. The first-order chi connectivity index (χ1) is 6.38. The Labute approximate surface area is 85.9 Å². The van der Waals surface area contributed by atoms with Crippen LogP contribution in [0, 0.1) is 0 Å². The summed E-state index contributed by atoms with van der Waals surface area (Å²) in [5, 5.41) is 9.15.